The molecule has 1 N–H and O–H groups in total. The average molecular weight is 390 g/mol. The molecule has 29 heavy (non-hydrogen) atoms. The van der Waals surface area contributed by atoms with Gasteiger partial charge in [0.2, 0.25) is 5.91 Å². The van der Waals surface area contributed by atoms with Crippen molar-refractivity contribution in [2.45, 2.75) is 53.0 Å². The van der Waals surface area contributed by atoms with Gasteiger partial charge in [-0.25, -0.2) is 9.97 Å². The molecule has 0 saturated heterocycles. The van der Waals surface area contributed by atoms with Crippen LogP contribution in [0, 0.1) is 19.8 Å². The normalized spacial score (nSPS) is 13.7. The van der Waals surface area contributed by atoms with E-state index in [-0.39, 0.29) is 17.7 Å². The van der Waals surface area contributed by atoms with Crippen LogP contribution in [0.1, 0.15) is 55.3 Å². The van der Waals surface area contributed by atoms with E-state index in [2.05, 4.69) is 29.3 Å². The molecule has 0 bridgehead atoms. The third kappa shape index (κ3) is 4.06. The molecule has 0 radical (unpaired) electrons. The van der Waals surface area contributed by atoms with Crippen molar-refractivity contribution in [1.82, 2.24) is 20.4 Å². The molecule has 2 heterocycles. The van der Waals surface area contributed by atoms with Crippen LogP contribution in [0.5, 0.6) is 0 Å². The molecule has 0 unspecified atom stereocenters. The fraction of sp³-hybridized carbons (Fsp3) is 0.391. The first kappa shape index (κ1) is 19.3. The number of amides is 1. The molecule has 6 nitrogen and oxygen atoms in total. The van der Waals surface area contributed by atoms with E-state index in [1.807, 2.05) is 44.3 Å². The van der Waals surface area contributed by atoms with Crippen LogP contribution in [0.25, 0.3) is 22.6 Å². The lowest BCUT2D eigenvalue weighted by atomic mass is 10.0. The van der Waals surface area contributed by atoms with Gasteiger partial charge in [-0.1, -0.05) is 43.3 Å². The van der Waals surface area contributed by atoms with E-state index in [0.717, 1.165) is 52.3 Å². The first-order chi connectivity index (χ1) is 13.9. The monoisotopic (exact) mass is 390 g/mol. The summed E-state index contributed by atoms with van der Waals surface area (Å²) in [4.78, 5) is 21.2. The van der Waals surface area contributed by atoms with Gasteiger partial charge in [-0.05, 0) is 32.3 Å². The maximum atomic E-state index is 11.9. The summed E-state index contributed by atoms with van der Waals surface area (Å²) in [5.41, 5.74) is 5.56. The molecular formula is C23H26N4O2. The highest BCUT2D eigenvalue weighted by atomic mass is 16.5. The van der Waals surface area contributed by atoms with Crippen molar-refractivity contribution in [3.05, 3.63) is 53.1 Å². The molecule has 1 fully saturated rings. The Kier molecular flexibility index (Phi) is 5.18. The highest BCUT2D eigenvalue weighted by molar-refractivity contribution is 5.81. The third-order valence-electron chi connectivity index (χ3n) is 5.37. The van der Waals surface area contributed by atoms with E-state index in [0.29, 0.717) is 12.3 Å². The molecule has 0 atom stereocenters. The zero-order valence-corrected chi connectivity index (χ0v) is 17.3. The predicted molar refractivity (Wildman–Crippen MR) is 111 cm³/mol. The summed E-state index contributed by atoms with van der Waals surface area (Å²) in [6.45, 7) is 8.62. The van der Waals surface area contributed by atoms with Crippen molar-refractivity contribution in [2.75, 3.05) is 0 Å². The molecule has 1 aliphatic carbocycles. The molecule has 6 heteroatoms. The number of aromatic nitrogens is 3. The summed E-state index contributed by atoms with van der Waals surface area (Å²) in [6.07, 6.45) is 3.86. The second kappa shape index (κ2) is 7.78. The van der Waals surface area contributed by atoms with Crippen LogP contribution in [-0.2, 0) is 11.3 Å². The lowest BCUT2D eigenvalue weighted by Crippen LogP contribution is -2.24. The molecular weight excluding hydrogens is 364 g/mol. The fourth-order valence-electron chi connectivity index (χ4n) is 3.19. The van der Waals surface area contributed by atoms with Crippen molar-refractivity contribution < 1.29 is 9.32 Å². The zero-order valence-electron chi connectivity index (χ0n) is 17.3. The fourth-order valence-corrected chi connectivity index (χ4v) is 3.19. The minimum absolute atomic E-state index is 0.157. The van der Waals surface area contributed by atoms with E-state index in [1.165, 1.54) is 0 Å². The van der Waals surface area contributed by atoms with Crippen LogP contribution in [0.4, 0.5) is 0 Å². The van der Waals surface area contributed by atoms with Crippen LogP contribution in [0.3, 0.4) is 0 Å². The number of benzene rings is 1. The smallest absolute Gasteiger partial charge is 0.223 e. The van der Waals surface area contributed by atoms with Gasteiger partial charge in [0.25, 0.3) is 0 Å². The molecule has 150 valence electrons. The lowest BCUT2D eigenvalue weighted by molar-refractivity contribution is -0.122. The Morgan fingerprint density at radius 1 is 1.21 bits per heavy atom. The van der Waals surface area contributed by atoms with Gasteiger partial charge in [-0.3, -0.25) is 4.79 Å². The number of nitrogens with one attached hydrogen (secondary N) is 1. The summed E-state index contributed by atoms with van der Waals surface area (Å²) >= 11 is 0. The Hall–Kier alpha value is -3.02. The molecule has 3 aromatic rings. The molecule has 1 aromatic carbocycles. The van der Waals surface area contributed by atoms with E-state index in [1.54, 1.807) is 0 Å². The van der Waals surface area contributed by atoms with Crippen molar-refractivity contribution in [2.24, 2.45) is 5.92 Å². The number of carbonyl (C=O) groups is 1. The number of rotatable bonds is 6. The van der Waals surface area contributed by atoms with E-state index in [4.69, 9.17) is 9.51 Å². The maximum absolute atomic E-state index is 11.9. The summed E-state index contributed by atoms with van der Waals surface area (Å²) in [7, 11) is 0. The molecule has 0 aliphatic heterocycles. The van der Waals surface area contributed by atoms with Gasteiger partial charge in [-0.2, -0.15) is 0 Å². The van der Waals surface area contributed by atoms with Crippen LogP contribution >= 0.6 is 0 Å². The first-order valence-electron chi connectivity index (χ1n) is 10.1. The minimum Gasteiger partial charge on any atom is -0.356 e. The van der Waals surface area contributed by atoms with Gasteiger partial charge in [-0.15, -0.1) is 0 Å². The van der Waals surface area contributed by atoms with E-state index in [9.17, 15) is 4.79 Å². The quantitative estimate of drug-likeness (QED) is 0.667. The SMILES string of the molecule is Cc1noc(-c2cnc(C(C)C)nc2-c2ccc(CNC(=O)C3CC3)cc2)c1C. The second-order valence-corrected chi connectivity index (χ2v) is 8.06. The molecule has 0 spiro atoms. The topological polar surface area (TPSA) is 80.9 Å². The maximum Gasteiger partial charge on any atom is 0.223 e. The summed E-state index contributed by atoms with van der Waals surface area (Å²) in [5.74, 6) is 2.09. The Morgan fingerprint density at radius 2 is 1.93 bits per heavy atom. The first-order valence-corrected chi connectivity index (χ1v) is 10.1. The minimum atomic E-state index is 0.157. The largest absolute Gasteiger partial charge is 0.356 e. The summed E-state index contributed by atoms with van der Waals surface area (Å²) in [5, 5.41) is 7.09. The van der Waals surface area contributed by atoms with Gasteiger partial charge >= 0.3 is 0 Å². The van der Waals surface area contributed by atoms with Crippen LogP contribution in [0.2, 0.25) is 0 Å². The van der Waals surface area contributed by atoms with Crippen molar-refractivity contribution in [3.63, 3.8) is 0 Å². The summed E-state index contributed by atoms with van der Waals surface area (Å²) < 4.78 is 5.58. The Bertz CT molecular complexity index is 1030. The number of hydrogen-bond donors (Lipinski definition) is 1. The highest BCUT2D eigenvalue weighted by Gasteiger charge is 2.29. The van der Waals surface area contributed by atoms with Gasteiger partial charge in [0.15, 0.2) is 5.76 Å². The van der Waals surface area contributed by atoms with Gasteiger partial charge in [0.05, 0.1) is 17.0 Å². The number of carbonyl (C=O) groups excluding carboxylic acids is 1. The standard InChI is InChI=1S/C23H26N4O2/c1-13(2)22-24-12-19(21-14(3)15(4)27-29-21)20(26-22)17-7-5-16(6-8-17)11-25-23(28)18-9-10-18/h5-8,12-13,18H,9-11H2,1-4H3,(H,25,28). The van der Waals surface area contributed by atoms with Crippen molar-refractivity contribution in [1.29, 1.82) is 0 Å². The van der Waals surface area contributed by atoms with Crippen LogP contribution < -0.4 is 5.32 Å². The molecule has 2 aromatic heterocycles. The molecule has 1 saturated carbocycles. The van der Waals surface area contributed by atoms with Gasteiger partial charge < -0.3 is 9.84 Å². The molecule has 4 rings (SSSR count). The molecule has 1 aliphatic rings. The van der Waals surface area contributed by atoms with Crippen molar-refractivity contribution in [3.8, 4) is 22.6 Å². The lowest BCUT2D eigenvalue weighted by Gasteiger charge is -2.12. The highest BCUT2D eigenvalue weighted by Crippen LogP contribution is 2.34. The predicted octanol–water partition coefficient (Wildman–Crippen LogP) is 4.57. The summed E-state index contributed by atoms with van der Waals surface area (Å²) in [6, 6.07) is 8.13. The van der Waals surface area contributed by atoms with E-state index >= 15 is 0 Å². The number of aryl methyl sites for hydroxylation is 1. The van der Waals surface area contributed by atoms with Crippen LogP contribution in [-0.4, -0.2) is 21.0 Å². The average Bonchev–Trinajstić information content (AvgIpc) is 3.52. The van der Waals surface area contributed by atoms with Gasteiger partial charge in [0, 0.05) is 35.7 Å². The molecule has 1 amide bonds. The Balaban J connectivity index is 1.66. The third-order valence-corrected chi connectivity index (χ3v) is 5.37. The van der Waals surface area contributed by atoms with E-state index < -0.39 is 0 Å². The number of nitrogens with zero attached hydrogens (tertiary/aromatic N) is 3. The Morgan fingerprint density at radius 3 is 2.52 bits per heavy atom. The Labute approximate surface area is 170 Å². The number of hydrogen-bond acceptors (Lipinski definition) is 5. The zero-order chi connectivity index (χ0) is 20.5. The van der Waals surface area contributed by atoms with Gasteiger partial charge in [0.1, 0.15) is 5.82 Å². The second-order valence-electron chi connectivity index (χ2n) is 8.06. The van der Waals surface area contributed by atoms with Crippen LogP contribution in [0.15, 0.2) is 35.0 Å². The van der Waals surface area contributed by atoms with Crippen molar-refractivity contribution >= 4 is 5.91 Å².